The van der Waals surface area contributed by atoms with Gasteiger partial charge in [0.25, 0.3) is 0 Å². The quantitative estimate of drug-likeness (QED) is 0.866. The summed E-state index contributed by atoms with van der Waals surface area (Å²) in [6.45, 7) is -0.879. The first kappa shape index (κ1) is 15.2. The molecule has 100 valence electrons. The molecule has 0 saturated carbocycles. The largest absolute Gasteiger partial charge is 0.401 e. The van der Waals surface area contributed by atoms with Gasteiger partial charge >= 0.3 is 6.18 Å². The second-order valence-electron chi connectivity index (χ2n) is 3.96. The third kappa shape index (κ3) is 4.80. The van der Waals surface area contributed by atoms with Gasteiger partial charge in [0.05, 0.1) is 6.54 Å². The average Bonchev–Trinajstić information content (AvgIpc) is 2.17. The lowest BCUT2D eigenvalue weighted by Gasteiger charge is -2.19. The lowest BCUT2D eigenvalue weighted by Crippen LogP contribution is -2.30. The third-order valence-electron chi connectivity index (χ3n) is 2.23. The summed E-state index contributed by atoms with van der Waals surface area (Å²) in [6.07, 6.45) is -4.22. The van der Waals surface area contributed by atoms with Crippen LogP contribution in [-0.2, 0) is 6.54 Å². The van der Waals surface area contributed by atoms with E-state index >= 15 is 0 Å². The minimum atomic E-state index is -4.22. The van der Waals surface area contributed by atoms with Crippen LogP contribution in [0.2, 0.25) is 5.02 Å². The van der Waals surface area contributed by atoms with Crippen LogP contribution in [-0.4, -0.2) is 29.7 Å². The number of nitrogens with zero attached hydrogens (tertiary/aromatic N) is 1. The van der Waals surface area contributed by atoms with Gasteiger partial charge in [0.15, 0.2) is 0 Å². The Kier molecular flexibility index (Phi) is 4.95. The van der Waals surface area contributed by atoms with Gasteiger partial charge in [-0.2, -0.15) is 13.2 Å². The van der Waals surface area contributed by atoms with E-state index in [9.17, 15) is 13.2 Å². The van der Waals surface area contributed by atoms with Gasteiger partial charge in [-0.25, -0.2) is 0 Å². The molecule has 0 aliphatic heterocycles. The average molecular weight is 297 g/mol. The normalized spacial score (nSPS) is 11.9. The first-order valence-corrected chi connectivity index (χ1v) is 5.81. The molecule has 0 saturated heterocycles. The number of hydrogen-bond donors (Lipinski definition) is 1. The van der Waals surface area contributed by atoms with E-state index in [4.69, 9.17) is 29.6 Å². The van der Waals surface area contributed by atoms with Gasteiger partial charge < -0.3 is 5.73 Å². The Labute approximate surface area is 114 Å². The van der Waals surface area contributed by atoms with Gasteiger partial charge in [-0.05, 0) is 18.7 Å². The number of benzene rings is 1. The fourth-order valence-electron chi connectivity index (χ4n) is 1.48. The van der Waals surface area contributed by atoms with Crippen molar-refractivity contribution < 1.29 is 13.2 Å². The van der Waals surface area contributed by atoms with Crippen LogP contribution in [0.5, 0.6) is 0 Å². The van der Waals surface area contributed by atoms with Crippen LogP contribution < -0.4 is 5.73 Å². The molecule has 0 radical (unpaired) electrons. The number of hydrogen-bond acceptors (Lipinski definition) is 2. The second kappa shape index (κ2) is 5.86. The number of halogens is 4. The molecule has 0 amide bonds. The molecule has 0 bridgehead atoms. The summed E-state index contributed by atoms with van der Waals surface area (Å²) in [4.78, 5) is 1.34. The van der Waals surface area contributed by atoms with E-state index < -0.39 is 12.7 Å². The SMILES string of the molecule is CN(Cc1ccc(C(N)=S)cc1Cl)CC(F)(F)F. The molecule has 0 aliphatic carbocycles. The Morgan fingerprint density at radius 1 is 1.44 bits per heavy atom. The molecule has 7 heteroatoms. The van der Waals surface area contributed by atoms with Crippen LogP contribution in [0.4, 0.5) is 13.2 Å². The molecule has 0 heterocycles. The molecule has 18 heavy (non-hydrogen) atoms. The van der Waals surface area contributed by atoms with Crippen LogP contribution in [0, 0.1) is 0 Å². The van der Waals surface area contributed by atoms with Crippen molar-refractivity contribution in [2.24, 2.45) is 5.73 Å². The molecule has 1 aromatic carbocycles. The van der Waals surface area contributed by atoms with E-state index in [1.54, 1.807) is 18.2 Å². The van der Waals surface area contributed by atoms with Gasteiger partial charge in [0, 0.05) is 17.1 Å². The lowest BCUT2D eigenvalue weighted by molar-refractivity contribution is -0.144. The summed E-state index contributed by atoms with van der Waals surface area (Å²) in [6, 6.07) is 4.83. The minimum absolute atomic E-state index is 0.107. The van der Waals surface area contributed by atoms with Crippen molar-refractivity contribution in [2.75, 3.05) is 13.6 Å². The molecule has 0 aliphatic rings. The Balaban J connectivity index is 2.77. The standard InChI is InChI=1S/C11H12ClF3N2S/c1-17(6-11(13,14)15)5-8-3-2-7(10(16)18)4-9(8)12/h2-4H,5-6H2,1H3,(H2,16,18). The van der Waals surface area contributed by atoms with Crippen molar-refractivity contribution in [3.63, 3.8) is 0 Å². The first-order valence-electron chi connectivity index (χ1n) is 5.02. The van der Waals surface area contributed by atoms with Gasteiger partial charge in [0.1, 0.15) is 4.99 Å². The zero-order chi connectivity index (χ0) is 13.9. The smallest absolute Gasteiger partial charge is 0.389 e. The highest BCUT2D eigenvalue weighted by molar-refractivity contribution is 7.80. The van der Waals surface area contributed by atoms with Crippen molar-refractivity contribution in [3.05, 3.63) is 34.3 Å². The summed E-state index contributed by atoms with van der Waals surface area (Å²) < 4.78 is 36.5. The van der Waals surface area contributed by atoms with E-state index in [0.29, 0.717) is 16.1 Å². The second-order valence-corrected chi connectivity index (χ2v) is 4.80. The molecule has 2 N–H and O–H groups in total. The molecule has 0 spiro atoms. The summed E-state index contributed by atoms with van der Waals surface area (Å²) in [5.74, 6) is 0. The molecule has 2 nitrogen and oxygen atoms in total. The van der Waals surface area contributed by atoms with Crippen LogP contribution >= 0.6 is 23.8 Å². The van der Waals surface area contributed by atoms with Crippen molar-refractivity contribution >= 4 is 28.8 Å². The van der Waals surface area contributed by atoms with Crippen molar-refractivity contribution in [1.82, 2.24) is 4.90 Å². The number of thiocarbonyl (C=S) groups is 1. The lowest BCUT2D eigenvalue weighted by atomic mass is 10.1. The van der Waals surface area contributed by atoms with E-state index in [1.807, 2.05) is 0 Å². The first-order chi connectivity index (χ1) is 8.19. The summed E-state index contributed by atoms with van der Waals surface area (Å²) >= 11 is 10.8. The molecule has 1 aromatic rings. The molecule has 0 aromatic heterocycles. The Morgan fingerprint density at radius 3 is 2.50 bits per heavy atom. The van der Waals surface area contributed by atoms with Crippen molar-refractivity contribution in [3.8, 4) is 0 Å². The topological polar surface area (TPSA) is 29.3 Å². The van der Waals surface area contributed by atoms with E-state index in [-0.39, 0.29) is 11.5 Å². The zero-order valence-electron chi connectivity index (χ0n) is 9.59. The Bertz CT molecular complexity index is 448. The van der Waals surface area contributed by atoms with Crippen LogP contribution in [0.3, 0.4) is 0 Å². The van der Waals surface area contributed by atoms with E-state index in [1.165, 1.54) is 7.05 Å². The monoisotopic (exact) mass is 296 g/mol. The highest BCUT2D eigenvalue weighted by Crippen LogP contribution is 2.21. The zero-order valence-corrected chi connectivity index (χ0v) is 11.2. The maximum Gasteiger partial charge on any atom is 0.401 e. The van der Waals surface area contributed by atoms with Gasteiger partial charge in [-0.3, -0.25) is 4.90 Å². The summed E-state index contributed by atoms with van der Waals surface area (Å²) in [5, 5.41) is 0.356. The predicted molar refractivity (Wildman–Crippen MR) is 69.7 cm³/mol. The number of nitrogens with two attached hydrogens (primary N) is 1. The molecule has 0 unspecified atom stereocenters. The predicted octanol–water partition coefficient (Wildman–Crippen LogP) is 2.97. The number of alkyl halides is 3. The Hall–Kier alpha value is -0.850. The fourth-order valence-corrected chi connectivity index (χ4v) is 1.85. The van der Waals surface area contributed by atoms with Gasteiger partial charge in [-0.15, -0.1) is 0 Å². The fraction of sp³-hybridized carbons (Fsp3) is 0.364. The highest BCUT2D eigenvalue weighted by atomic mass is 35.5. The molecule has 1 rings (SSSR count). The third-order valence-corrected chi connectivity index (χ3v) is 2.81. The molecular formula is C11H12ClF3N2S. The number of rotatable bonds is 4. The van der Waals surface area contributed by atoms with Crippen molar-refractivity contribution in [1.29, 1.82) is 0 Å². The van der Waals surface area contributed by atoms with E-state index in [2.05, 4.69) is 0 Å². The molecule has 0 fully saturated rings. The highest BCUT2D eigenvalue weighted by Gasteiger charge is 2.29. The molecule has 0 atom stereocenters. The van der Waals surface area contributed by atoms with Gasteiger partial charge in [-0.1, -0.05) is 36.0 Å². The maximum absolute atomic E-state index is 12.2. The minimum Gasteiger partial charge on any atom is -0.389 e. The summed E-state index contributed by atoms with van der Waals surface area (Å²) in [5.41, 5.74) is 6.63. The summed E-state index contributed by atoms with van der Waals surface area (Å²) in [7, 11) is 1.38. The Morgan fingerprint density at radius 2 is 2.06 bits per heavy atom. The van der Waals surface area contributed by atoms with Crippen LogP contribution in [0.1, 0.15) is 11.1 Å². The van der Waals surface area contributed by atoms with Crippen LogP contribution in [0.15, 0.2) is 18.2 Å². The molecular weight excluding hydrogens is 285 g/mol. The van der Waals surface area contributed by atoms with Crippen molar-refractivity contribution in [2.45, 2.75) is 12.7 Å². The maximum atomic E-state index is 12.2. The van der Waals surface area contributed by atoms with E-state index in [0.717, 1.165) is 4.90 Å². The van der Waals surface area contributed by atoms with Crippen LogP contribution in [0.25, 0.3) is 0 Å². The van der Waals surface area contributed by atoms with Gasteiger partial charge in [0.2, 0.25) is 0 Å².